The molecular weight excluding hydrogens is 414 g/mol. The largest absolute Gasteiger partial charge is 0.487 e. The lowest BCUT2D eigenvalue weighted by molar-refractivity contribution is 0.0986. The summed E-state index contributed by atoms with van der Waals surface area (Å²) in [7, 11) is 0. The highest BCUT2D eigenvalue weighted by Crippen LogP contribution is 2.23. The molecule has 0 N–H and O–H groups in total. The van der Waals surface area contributed by atoms with Crippen molar-refractivity contribution in [2.75, 3.05) is 0 Å². The molecule has 0 aliphatic heterocycles. The summed E-state index contributed by atoms with van der Waals surface area (Å²) in [6, 6.07) is 14.7. The van der Waals surface area contributed by atoms with Crippen molar-refractivity contribution in [1.82, 2.24) is 14.7 Å². The van der Waals surface area contributed by atoms with Crippen LogP contribution in [-0.4, -0.2) is 20.5 Å². The number of hydrogen-bond acceptors (Lipinski definition) is 7. The summed E-state index contributed by atoms with van der Waals surface area (Å²) in [5.41, 5.74) is 2.11. The molecular formula is C23H21N3O4S. The predicted molar refractivity (Wildman–Crippen MR) is 117 cm³/mol. The van der Waals surface area contributed by atoms with Crippen molar-refractivity contribution in [3.05, 3.63) is 92.7 Å². The molecule has 4 aromatic rings. The van der Waals surface area contributed by atoms with E-state index >= 15 is 0 Å². The van der Waals surface area contributed by atoms with Crippen LogP contribution in [0.4, 0.5) is 0 Å². The molecule has 0 radical (unpaired) electrons. The maximum Gasteiger partial charge on any atom is 0.260 e. The standard InChI is InChI=1S/C23H21N3O4S/c1-15-12-18(25-30-15)14-29-19-10-11-26(21(28)13-19)23-24-16(2)22(31-23)20(27)9-8-17-6-4-3-5-7-17/h3-7,10-13H,8-9,14H2,1-2H3. The first kappa shape index (κ1) is 20.7. The van der Waals surface area contributed by atoms with Gasteiger partial charge >= 0.3 is 0 Å². The van der Waals surface area contributed by atoms with Crippen LogP contribution in [0.5, 0.6) is 5.75 Å². The Morgan fingerprint density at radius 3 is 2.68 bits per heavy atom. The molecule has 3 heterocycles. The van der Waals surface area contributed by atoms with Crippen molar-refractivity contribution in [3.63, 3.8) is 0 Å². The Hall–Kier alpha value is -3.52. The number of rotatable bonds is 8. The molecule has 31 heavy (non-hydrogen) atoms. The number of carbonyl (C=O) groups is 1. The average Bonchev–Trinajstić information content (AvgIpc) is 3.36. The maximum absolute atomic E-state index is 12.7. The van der Waals surface area contributed by atoms with Crippen LogP contribution in [0, 0.1) is 13.8 Å². The third-order valence-corrected chi connectivity index (χ3v) is 5.88. The molecule has 4 rings (SSSR count). The highest BCUT2D eigenvalue weighted by Gasteiger charge is 2.17. The lowest BCUT2D eigenvalue weighted by Gasteiger charge is -2.05. The van der Waals surface area contributed by atoms with Gasteiger partial charge in [-0.3, -0.25) is 14.2 Å². The normalized spacial score (nSPS) is 10.9. The summed E-state index contributed by atoms with van der Waals surface area (Å²) in [5.74, 6) is 1.15. The van der Waals surface area contributed by atoms with E-state index in [-0.39, 0.29) is 17.9 Å². The van der Waals surface area contributed by atoms with E-state index in [1.165, 1.54) is 22.0 Å². The van der Waals surface area contributed by atoms with E-state index in [1.54, 1.807) is 32.2 Å². The van der Waals surface area contributed by atoms with Gasteiger partial charge in [0.15, 0.2) is 10.9 Å². The number of aryl methyl sites for hydroxylation is 3. The third-order valence-electron chi connectivity index (χ3n) is 4.68. The van der Waals surface area contributed by atoms with E-state index < -0.39 is 0 Å². The van der Waals surface area contributed by atoms with Gasteiger partial charge < -0.3 is 9.26 Å². The Morgan fingerprint density at radius 2 is 1.97 bits per heavy atom. The molecule has 0 bridgehead atoms. The number of hydrogen-bond donors (Lipinski definition) is 0. The zero-order valence-corrected chi connectivity index (χ0v) is 18.0. The molecule has 0 fully saturated rings. The monoisotopic (exact) mass is 435 g/mol. The summed E-state index contributed by atoms with van der Waals surface area (Å²) < 4.78 is 12.0. The molecule has 1 aromatic carbocycles. The third kappa shape index (κ3) is 4.97. The molecule has 0 saturated heterocycles. The van der Waals surface area contributed by atoms with Gasteiger partial charge in [0, 0.05) is 24.8 Å². The van der Waals surface area contributed by atoms with Gasteiger partial charge in [-0.25, -0.2) is 4.98 Å². The number of thiazole rings is 1. The number of ether oxygens (including phenoxy) is 1. The molecule has 158 valence electrons. The Bertz CT molecular complexity index is 1260. The fourth-order valence-corrected chi connectivity index (χ4v) is 4.14. The first-order valence-electron chi connectivity index (χ1n) is 9.82. The van der Waals surface area contributed by atoms with Gasteiger partial charge in [-0.2, -0.15) is 0 Å². The van der Waals surface area contributed by atoms with Crippen molar-refractivity contribution < 1.29 is 14.1 Å². The Balaban J connectivity index is 1.45. The first-order chi connectivity index (χ1) is 15.0. The van der Waals surface area contributed by atoms with Crippen LogP contribution in [-0.2, 0) is 13.0 Å². The van der Waals surface area contributed by atoms with Gasteiger partial charge in [-0.15, -0.1) is 0 Å². The SMILES string of the molecule is Cc1cc(COc2ccn(-c3nc(C)c(C(=O)CCc4ccccc4)s3)c(=O)c2)no1. The molecule has 0 aliphatic carbocycles. The van der Waals surface area contributed by atoms with Crippen LogP contribution in [0.3, 0.4) is 0 Å². The fourth-order valence-electron chi connectivity index (χ4n) is 3.11. The van der Waals surface area contributed by atoms with Crippen molar-refractivity contribution in [2.24, 2.45) is 0 Å². The van der Waals surface area contributed by atoms with Crippen LogP contribution in [0.15, 0.2) is 64.0 Å². The van der Waals surface area contributed by atoms with Gasteiger partial charge in [0.05, 0.1) is 10.6 Å². The minimum atomic E-state index is -0.286. The Labute approximate surface area is 182 Å². The molecule has 0 amide bonds. The van der Waals surface area contributed by atoms with Crippen molar-refractivity contribution in [1.29, 1.82) is 0 Å². The van der Waals surface area contributed by atoms with E-state index in [0.717, 1.165) is 5.56 Å². The van der Waals surface area contributed by atoms with E-state index in [1.807, 2.05) is 30.3 Å². The molecule has 0 spiro atoms. The van der Waals surface area contributed by atoms with Crippen molar-refractivity contribution in [2.45, 2.75) is 33.3 Å². The summed E-state index contributed by atoms with van der Waals surface area (Å²) in [5, 5.41) is 4.32. The highest BCUT2D eigenvalue weighted by molar-refractivity contribution is 7.16. The maximum atomic E-state index is 12.7. The second-order valence-electron chi connectivity index (χ2n) is 7.11. The van der Waals surface area contributed by atoms with Crippen LogP contribution < -0.4 is 10.3 Å². The smallest absolute Gasteiger partial charge is 0.260 e. The lowest BCUT2D eigenvalue weighted by atomic mass is 10.1. The molecule has 0 atom stereocenters. The van der Waals surface area contributed by atoms with Crippen LogP contribution in [0.25, 0.3) is 5.13 Å². The van der Waals surface area contributed by atoms with Gasteiger partial charge in [0.25, 0.3) is 5.56 Å². The number of pyridine rings is 1. The summed E-state index contributed by atoms with van der Waals surface area (Å²) in [6.07, 6.45) is 2.67. The van der Waals surface area contributed by atoms with Crippen LogP contribution in [0.2, 0.25) is 0 Å². The zero-order chi connectivity index (χ0) is 21.8. The van der Waals surface area contributed by atoms with E-state index in [0.29, 0.717) is 45.7 Å². The van der Waals surface area contributed by atoms with Gasteiger partial charge in [0.1, 0.15) is 23.8 Å². The van der Waals surface area contributed by atoms with E-state index in [4.69, 9.17) is 9.26 Å². The summed E-state index contributed by atoms with van der Waals surface area (Å²) in [6.45, 7) is 3.80. The summed E-state index contributed by atoms with van der Waals surface area (Å²) >= 11 is 1.23. The van der Waals surface area contributed by atoms with Crippen LogP contribution in [0.1, 0.15) is 38.8 Å². The van der Waals surface area contributed by atoms with Gasteiger partial charge in [-0.1, -0.05) is 46.8 Å². The number of nitrogens with zero attached hydrogens (tertiary/aromatic N) is 3. The van der Waals surface area contributed by atoms with Crippen LogP contribution >= 0.6 is 11.3 Å². The van der Waals surface area contributed by atoms with Gasteiger partial charge in [-0.05, 0) is 31.9 Å². The zero-order valence-electron chi connectivity index (χ0n) is 17.2. The number of ketones is 1. The van der Waals surface area contributed by atoms with Crippen molar-refractivity contribution >= 4 is 17.1 Å². The molecule has 0 saturated carbocycles. The van der Waals surface area contributed by atoms with Gasteiger partial charge in [0.2, 0.25) is 0 Å². The highest BCUT2D eigenvalue weighted by atomic mass is 32.1. The second-order valence-corrected chi connectivity index (χ2v) is 8.09. The quantitative estimate of drug-likeness (QED) is 0.384. The second kappa shape index (κ2) is 9.09. The number of Topliss-reactive ketones (excluding diaryl/α,β-unsaturated/α-hetero) is 1. The predicted octanol–water partition coefficient (Wildman–Crippen LogP) is 4.29. The van der Waals surface area contributed by atoms with E-state index in [2.05, 4.69) is 10.1 Å². The topological polar surface area (TPSA) is 87.2 Å². The Kier molecular flexibility index (Phi) is 6.08. The molecule has 0 unspecified atom stereocenters. The molecule has 7 nitrogen and oxygen atoms in total. The Morgan fingerprint density at radius 1 is 1.16 bits per heavy atom. The minimum Gasteiger partial charge on any atom is -0.487 e. The average molecular weight is 436 g/mol. The van der Waals surface area contributed by atoms with E-state index in [9.17, 15) is 9.59 Å². The summed E-state index contributed by atoms with van der Waals surface area (Å²) in [4.78, 5) is 30.3. The number of carbonyl (C=O) groups excluding carboxylic acids is 1. The minimum absolute atomic E-state index is 0.0287. The number of benzene rings is 1. The molecule has 8 heteroatoms. The van der Waals surface area contributed by atoms with Crippen molar-refractivity contribution in [3.8, 4) is 10.9 Å². The fraction of sp³-hybridized carbons (Fsp3) is 0.217. The number of aromatic nitrogens is 3. The first-order valence-corrected chi connectivity index (χ1v) is 10.6. The lowest BCUT2D eigenvalue weighted by Crippen LogP contribution is -2.16. The molecule has 3 aromatic heterocycles. The molecule has 0 aliphatic rings.